The zero-order valence-electron chi connectivity index (χ0n) is 15.4. The van der Waals surface area contributed by atoms with Gasteiger partial charge in [0.15, 0.2) is 5.96 Å². The number of benzene rings is 1. The van der Waals surface area contributed by atoms with E-state index in [0.29, 0.717) is 25.6 Å². The highest BCUT2D eigenvalue weighted by atomic mass is 127. The van der Waals surface area contributed by atoms with E-state index in [-0.39, 0.29) is 24.0 Å². The Morgan fingerprint density at radius 3 is 2.37 bits per heavy atom. The summed E-state index contributed by atoms with van der Waals surface area (Å²) in [6.45, 7) is 1.72. The highest BCUT2D eigenvalue weighted by molar-refractivity contribution is 14.0. The van der Waals surface area contributed by atoms with E-state index >= 15 is 0 Å². The minimum absolute atomic E-state index is 0. The van der Waals surface area contributed by atoms with Crippen molar-refractivity contribution in [1.29, 1.82) is 0 Å². The van der Waals surface area contributed by atoms with Gasteiger partial charge in [0.05, 0.1) is 6.54 Å². The lowest BCUT2D eigenvalue weighted by Crippen LogP contribution is -2.41. The van der Waals surface area contributed by atoms with Crippen LogP contribution in [0.1, 0.15) is 24.8 Å². The summed E-state index contributed by atoms with van der Waals surface area (Å²) in [6.07, 6.45) is -1.51. The maximum Gasteiger partial charge on any atom is 0.401 e. The van der Waals surface area contributed by atoms with Gasteiger partial charge >= 0.3 is 6.18 Å². The van der Waals surface area contributed by atoms with Crippen molar-refractivity contribution in [2.45, 2.75) is 32.0 Å². The number of rotatable bonds is 6. The molecule has 1 fully saturated rings. The molecule has 0 saturated carbocycles. The lowest BCUT2D eigenvalue weighted by atomic mass is 9.93. The van der Waals surface area contributed by atoms with Gasteiger partial charge in [-0.05, 0) is 56.0 Å². The fourth-order valence-electron chi connectivity index (χ4n) is 3.09. The Morgan fingerprint density at radius 2 is 1.81 bits per heavy atom. The lowest BCUT2D eigenvalue weighted by molar-refractivity contribution is -0.148. The molecule has 0 aromatic heterocycles. The summed E-state index contributed by atoms with van der Waals surface area (Å²) < 4.78 is 38.3. The molecule has 0 amide bonds. The molecule has 4 nitrogen and oxygen atoms in total. The molecule has 1 heterocycles. The van der Waals surface area contributed by atoms with Crippen molar-refractivity contribution in [2.75, 3.05) is 33.2 Å². The standard InChI is InChI=1S/C18H26BrF3N4.HI/c1-23-17(25-12-15-2-4-16(19)5-3-15)24-9-6-14-7-10-26(11-8-14)13-18(20,21)22;/h2-5,14H,6-13H2,1H3,(H2,23,24,25);1H. The number of piperidine rings is 1. The molecule has 2 N–H and O–H groups in total. The highest BCUT2D eigenvalue weighted by Crippen LogP contribution is 2.23. The Kier molecular flexibility index (Phi) is 11.0. The third-order valence-electron chi connectivity index (χ3n) is 4.55. The van der Waals surface area contributed by atoms with Gasteiger partial charge in [-0.2, -0.15) is 13.2 Å². The summed E-state index contributed by atoms with van der Waals surface area (Å²) >= 11 is 3.41. The number of halogens is 5. The van der Waals surface area contributed by atoms with Gasteiger partial charge in [-0.15, -0.1) is 24.0 Å². The number of guanidine groups is 1. The topological polar surface area (TPSA) is 39.7 Å². The minimum Gasteiger partial charge on any atom is -0.356 e. The second kappa shape index (κ2) is 12.1. The van der Waals surface area contributed by atoms with E-state index < -0.39 is 12.7 Å². The van der Waals surface area contributed by atoms with Gasteiger partial charge in [0.2, 0.25) is 0 Å². The first-order valence-corrected chi connectivity index (χ1v) is 9.63. The molecular weight excluding hydrogens is 536 g/mol. The molecule has 1 aliphatic rings. The number of hydrogen-bond acceptors (Lipinski definition) is 2. The van der Waals surface area contributed by atoms with E-state index in [9.17, 15) is 13.2 Å². The first-order valence-electron chi connectivity index (χ1n) is 8.84. The smallest absolute Gasteiger partial charge is 0.356 e. The maximum absolute atomic E-state index is 12.4. The second-order valence-corrected chi connectivity index (χ2v) is 7.52. The summed E-state index contributed by atoms with van der Waals surface area (Å²) in [6, 6.07) is 8.08. The van der Waals surface area contributed by atoms with Crippen LogP contribution in [-0.4, -0.2) is 50.3 Å². The molecule has 0 radical (unpaired) electrons. The van der Waals surface area contributed by atoms with Crippen LogP contribution in [0.5, 0.6) is 0 Å². The summed E-state index contributed by atoms with van der Waals surface area (Å²) in [5.41, 5.74) is 1.16. The predicted octanol–water partition coefficient (Wildman–Crippen LogP) is 4.40. The van der Waals surface area contributed by atoms with Gasteiger partial charge in [-0.3, -0.25) is 9.89 Å². The van der Waals surface area contributed by atoms with Gasteiger partial charge in [-0.1, -0.05) is 28.1 Å². The number of alkyl halides is 3. The Balaban J connectivity index is 0.00000364. The molecule has 0 spiro atoms. The Morgan fingerprint density at radius 1 is 1.19 bits per heavy atom. The lowest BCUT2D eigenvalue weighted by Gasteiger charge is -2.32. The molecule has 0 unspecified atom stereocenters. The summed E-state index contributed by atoms with van der Waals surface area (Å²) in [5, 5.41) is 6.55. The third kappa shape index (κ3) is 9.98. The molecule has 0 bridgehead atoms. The van der Waals surface area contributed by atoms with E-state index in [1.807, 2.05) is 24.3 Å². The van der Waals surface area contributed by atoms with E-state index in [2.05, 4.69) is 31.6 Å². The monoisotopic (exact) mass is 562 g/mol. The van der Waals surface area contributed by atoms with Crippen molar-refractivity contribution in [3.63, 3.8) is 0 Å². The van der Waals surface area contributed by atoms with Crippen molar-refractivity contribution in [2.24, 2.45) is 10.9 Å². The van der Waals surface area contributed by atoms with Gasteiger partial charge in [0.25, 0.3) is 0 Å². The van der Waals surface area contributed by atoms with E-state index in [4.69, 9.17) is 0 Å². The molecule has 2 rings (SSSR count). The third-order valence-corrected chi connectivity index (χ3v) is 5.08. The van der Waals surface area contributed by atoms with Crippen LogP contribution in [0.25, 0.3) is 0 Å². The molecule has 154 valence electrons. The van der Waals surface area contributed by atoms with Gasteiger partial charge < -0.3 is 10.6 Å². The van der Waals surface area contributed by atoms with Crippen LogP contribution in [0.2, 0.25) is 0 Å². The molecule has 0 atom stereocenters. The van der Waals surface area contributed by atoms with Gasteiger partial charge in [0, 0.05) is 24.6 Å². The zero-order valence-corrected chi connectivity index (χ0v) is 19.3. The Hall–Kier alpha value is -0.550. The number of aliphatic imine (C=N–C) groups is 1. The maximum atomic E-state index is 12.4. The zero-order chi connectivity index (χ0) is 19.0. The summed E-state index contributed by atoms with van der Waals surface area (Å²) in [5.74, 6) is 1.21. The first-order chi connectivity index (χ1) is 12.4. The van der Waals surface area contributed by atoms with Crippen molar-refractivity contribution < 1.29 is 13.2 Å². The number of nitrogens with one attached hydrogen (secondary N) is 2. The molecule has 1 saturated heterocycles. The molecule has 9 heteroatoms. The second-order valence-electron chi connectivity index (χ2n) is 6.60. The van der Waals surface area contributed by atoms with Crippen LogP contribution in [0.3, 0.4) is 0 Å². The summed E-state index contributed by atoms with van der Waals surface area (Å²) in [7, 11) is 1.73. The van der Waals surface area contributed by atoms with Crippen LogP contribution < -0.4 is 10.6 Å². The average molecular weight is 563 g/mol. The average Bonchev–Trinajstić information content (AvgIpc) is 2.59. The Bertz CT molecular complexity index is 573. The largest absolute Gasteiger partial charge is 0.401 e. The van der Waals surface area contributed by atoms with Gasteiger partial charge in [-0.25, -0.2) is 0 Å². The Labute approximate surface area is 184 Å². The van der Waals surface area contributed by atoms with Crippen molar-refractivity contribution in [1.82, 2.24) is 15.5 Å². The van der Waals surface area contributed by atoms with E-state index in [1.54, 1.807) is 7.05 Å². The number of nitrogens with zero attached hydrogens (tertiary/aromatic N) is 2. The summed E-state index contributed by atoms with van der Waals surface area (Å²) in [4.78, 5) is 5.71. The predicted molar refractivity (Wildman–Crippen MR) is 118 cm³/mol. The molecule has 27 heavy (non-hydrogen) atoms. The van der Waals surface area contributed by atoms with Crippen LogP contribution in [0.4, 0.5) is 13.2 Å². The molecule has 1 aromatic carbocycles. The molecule has 1 aliphatic heterocycles. The van der Waals surface area contributed by atoms with Crippen LogP contribution in [0, 0.1) is 5.92 Å². The van der Waals surface area contributed by atoms with Crippen LogP contribution >= 0.6 is 39.9 Å². The van der Waals surface area contributed by atoms with Crippen LogP contribution in [-0.2, 0) is 6.54 Å². The van der Waals surface area contributed by atoms with Crippen LogP contribution in [0.15, 0.2) is 33.7 Å². The van der Waals surface area contributed by atoms with Crippen molar-refractivity contribution in [3.05, 3.63) is 34.3 Å². The fourth-order valence-corrected chi connectivity index (χ4v) is 3.35. The first kappa shape index (κ1) is 24.5. The highest BCUT2D eigenvalue weighted by Gasteiger charge is 2.32. The normalized spacial score (nSPS) is 16.7. The number of likely N-dealkylation sites (tertiary alicyclic amines) is 1. The SMILES string of the molecule is CN=C(NCCC1CCN(CC(F)(F)F)CC1)NCc1ccc(Br)cc1.I. The molecule has 0 aliphatic carbocycles. The number of hydrogen-bond donors (Lipinski definition) is 2. The van der Waals surface area contributed by atoms with Crippen molar-refractivity contribution >= 4 is 45.9 Å². The van der Waals surface area contributed by atoms with Gasteiger partial charge in [0.1, 0.15) is 0 Å². The van der Waals surface area contributed by atoms with Crippen molar-refractivity contribution in [3.8, 4) is 0 Å². The minimum atomic E-state index is -4.10. The van der Waals surface area contributed by atoms with E-state index in [0.717, 1.165) is 41.8 Å². The molecule has 1 aromatic rings. The van der Waals surface area contributed by atoms with E-state index in [1.165, 1.54) is 4.90 Å². The molecular formula is C18H27BrF3IN4. The quantitative estimate of drug-likeness (QED) is 0.307. The fraction of sp³-hybridized carbons (Fsp3) is 0.611.